The van der Waals surface area contributed by atoms with Gasteiger partial charge in [-0.25, -0.2) is 4.79 Å². The number of primary amides is 1. The van der Waals surface area contributed by atoms with E-state index in [1.165, 1.54) is 19.2 Å². The summed E-state index contributed by atoms with van der Waals surface area (Å²) < 4.78 is 4.77. The highest BCUT2D eigenvalue weighted by atomic mass is 16.5. The zero-order valence-electron chi connectivity index (χ0n) is 14.5. The van der Waals surface area contributed by atoms with Crippen LogP contribution in [0.3, 0.4) is 0 Å². The predicted molar refractivity (Wildman–Crippen MR) is 101 cm³/mol. The number of methoxy groups -OCH3 is 1. The van der Waals surface area contributed by atoms with Crippen molar-refractivity contribution in [2.24, 2.45) is 5.73 Å². The summed E-state index contributed by atoms with van der Waals surface area (Å²) in [5.74, 6) is -1.40. The Hall–Kier alpha value is -3.94. The van der Waals surface area contributed by atoms with E-state index in [9.17, 15) is 9.59 Å². The number of anilines is 4. The van der Waals surface area contributed by atoms with Crippen LogP contribution in [-0.2, 0) is 4.74 Å². The minimum Gasteiger partial charge on any atom is -0.465 e. The van der Waals surface area contributed by atoms with Crippen LogP contribution in [0.15, 0.2) is 61.2 Å². The summed E-state index contributed by atoms with van der Waals surface area (Å²) in [6.07, 6.45) is 6.56. The molecule has 0 unspecified atom stereocenters. The standard InChI is InChI=1S/C19H17N5O3/c1-27-19(26)15-9-17(24-13-5-3-7-22-11-13)16(8-14(15)18(20)25)23-12-4-2-6-21-10-12/h2-11,23-24H,1H3,(H2,20,25). The van der Waals surface area contributed by atoms with Crippen molar-refractivity contribution in [2.45, 2.75) is 0 Å². The molecule has 2 heterocycles. The number of nitrogens with zero attached hydrogens (tertiary/aromatic N) is 2. The molecule has 0 spiro atoms. The van der Waals surface area contributed by atoms with Crippen LogP contribution in [0.2, 0.25) is 0 Å². The van der Waals surface area contributed by atoms with Gasteiger partial charge in [0.1, 0.15) is 0 Å². The SMILES string of the molecule is COC(=O)c1cc(Nc2cccnc2)c(Nc2cccnc2)cc1C(N)=O. The van der Waals surface area contributed by atoms with Gasteiger partial charge in [0.15, 0.2) is 0 Å². The number of hydrogen-bond acceptors (Lipinski definition) is 7. The molecule has 0 radical (unpaired) electrons. The fraction of sp³-hybridized carbons (Fsp3) is 0.0526. The summed E-state index contributed by atoms with van der Waals surface area (Å²) in [7, 11) is 1.24. The highest BCUT2D eigenvalue weighted by Crippen LogP contribution is 2.32. The minimum atomic E-state index is -0.738. The third kappa shape index (κ3) is 4.18. The number of carbonyl (C=O) groups is 2. The van der Waals surface area contributed by atoms with Gasteiger partial charge in [-0.15, -0.1) is 0 Å². The van der Waals surface area contributed by atoms with Crippen LogP contribution >= 0.6 is 0 Å². The Bertz CT molecular complexity index is 962. The highest BCUT2D eigenvalue weighted by molar-refractivity contribution is 6.07. The smallest absolute Gasteiger partial charge is 0.338 e. The molecule has 0 saturated carbocycles. The van der Waals surface area contributed by atoms with Crippen molar-refractivity contribution < 1.29 is 14.3 Å². The zero-order valence-corrected chi connectivity index (χ0v) is 14.5. The number of hydrogen-bond donors (Lipinski definition) is 3. The molecular weight excluding hydrogens is 346 g/mol. The number of aromatic nitrogens is 2. The van der Waals surface area contributed by atoms with Gasteiger partial charge in [0.25, 0.3) is 0 Å². The molecule has 1 aromatic carbocycles. The number of pyridine rings is 2. The van der Waals surface area contributed by atoms with E-state index in [2.05, 4.69) is 20.6 Å². The molecule has 3 aromatic rings. The molecule has 1 amide bonds. The fourth-order valence-electron chi connectivity index (χ4n) is 2.47. The molecule has 3 rings (SSSR count). The Morgan fingerprint density at radius 2 is 1.44 bits per heavy atom. The number of amides is 1. The van der Waals surface area contributed by atoms with E-state index in [-0.39, 0.29) is 11.1 Å². The van der Waals surface area contributed by atoms with Gasteiger partial charge in [0, 0.05) is 12.4 Å². The molecule has 2 aromatic heterocycles. The third-order valence-electron chi connectivity index (χ3n) is 3.71. The van der Waals surface area contributed by atoms with Crippen molar-refractivity contribution in [2.75, 3.05) is 17.7 Å². The topological polar surface area (TPSA) is 119 Å². The van der Waals surface area contributed by atoms with E-state index >= 15 is 0 Å². The second-order valence-electron chi connectivity index (χ2n) is 5.53. The number of ether oxygens (including phenoxy) is 1. The van der Waals surface area contributed by atoms with Gasteiger partial charge in [-0.1, -0.05) is 0 Å². The second kappa shape index (κ2) is 7.96. The molecule has 0 aliphatic rings. The van der Waals surface area contributed by atoms with Crippen LogP contribution in [0, 0.1) is 0 Å². The Morgan fingerprint density at radius 3 is 1.85 bits per heavy atom. The fourth-order valence-corrected chi connectivity index (χ4v) is 2.47. The summed E-state index contributed by atoms with van der Waals surface area (Å²) in [4.78, 5) is 32.1. The zero-order chi connectivity index (χ0) is 19.2. The number of rotatable bonds is 6. The summed E-state index contributed by atoms with van der Waals surface area (Å²) in [6.45, 7) is 0. The average molecular weight is 363 g/mol. The number of nitrogens with one attached hydrogen (secondary N) is 2. The first-order valence-electron chi connectivity index (χ1n) is 7.98. The largest absolute Gasteiger partial charge is 0.465 e. The van der Waals surface area contributed by atoms with E-state index in [4.69, 9.17) is 10.5 Å². The Labute approximate surface area is 155 Å². The Kier molecular flexibility index (Phi) is 5.27. The van der Waals surface area contributed by atoms with Crippen LogP contribution in [0.5, 0.6) is 0 Å². The number of carbonyl (C=O) groups excluding carboxylic acids is 2. The van der Waals surface area contributed by atoms with Gasteiger partial charge >= 0.3 is 5.97 Å². The molecule has 0 aliphatic carbocycles. The van der Waals surface area contributed by atoms with Crippen molar-refractivity contribution in [3.63, 3.8) is 0 Å². The van der Waals surface area contributed by atoms with Crippen molar-refractivity contribution in [1.82, 2.24) is 9.97 Å². The second-order valence-corrected chi connectivity index (χ2v) is 5.53. The van der Waals surface area contributed by atoms with Crippen molar-refractivity contribution in [3.05, 3.63) is 72.3 Å². The van der Waals surface area contributed by atoms with Gasteiger partial charge in [0.2, 0.25) is 5.91 Å². The lowest BCUT2D eigenvalue weighted by Crippen LogP contribution is -2.18. The number of benzene rings is 1. The van der Waals surface area contributed by atoms with Crippen molar-refractivity contribution >= 4 is 34.6 Å². The average Bonchev–Trinajstić information content (AvgIpc) is 2.69. The van der Waals surface area contributed by atoms with E-state index in [0.29, 0.717) is 22.7 Å². The third-order valence-corrected chi connectivity index (χ3v) is 3.71. The maximum absolute atomic E-state index is 12.1. The van der Waals surface area contributed by atoms with Crippen LogP contribution in [0.4, 0.5) is 22.7 Å². The highest BCUT2D eigenvalue weighted by Gasteiger charge is 2.20. The molecule has 4 N–H and O–H groups in total. The maximum atomic E-state index is 12.1. The van der Waals surface area contributed by atoms with Gasteiger partial charge in [-0.2, -0.15) is 0 Å². The molecule has 8 nitrogen and oxygen atoms in total. The number of nitrogens with two attached hydrogens (primary N) is 1. The maximum Gasteiger partial charge on any atom is 0.338 e. The molecule has 136 valence electrons. The first kappa shape index (κ1) is 17.9. The van der Waals surface area contributed by atoms with Gasteiger partial charge in [0.05, 0.1) is 53.4 Å². The molecule has 0 saturated heterocycles. The number of esters is 1. The molecular formula is C19H17N5O3. The molecule has 0 aliphatic heterocycles. The quantitative estimate of drug-likeness (QED) is 0.576. The lowest BCUT2D eigenvalue weighted by molar-refractivity contribution is 0.0597. The van der Waals surface area contributed by atoms with E-state index in [0.717, 1.165) is 0 Å². The van der Waals surface area contributed by atoms with E-state index in [1.807, 2.05) is 12.1 Å². The van der Waals surface area contributed by atoms with E-state index < -0.39 is 11.9 Å². The van der Waals surface area contributed by atoms with Gasteiger partial charge in [-0.3, -0.25) is 14.8 Å². The van der Waals surface area contributed by atoms with Crippen molar-refractivity contribution in [1.29, 1.82) is 0 Å². The van der Waals surface area contributed by atoms with Crippen LogP contribution in [-0.4, -0.2) is 29.0 Å². The van der Waals surface area contributed by atoms with Gasteiger partial charge in [-0.05, 0) is 36.4 Å². The van der Waals surface area contributed by atoms with Gasteiger partial charge < -0.3 is 21.1 Å². The lowest BCUT2D eigenvalue weighted by atomic mass is 10.0. The van der Waals surface area contributed by atoms with E-state index in [1.54, 1.807) is 36.9 Å². The van der Waals surface area contributed by atoms with Crippen molar-refractivity contribution in [3.8, 4) is 0 Å². The molecule has 8 heteroatoms. The van der Waals surface area contributed by atoms with Crippen LogP contribution in [0.25, 0.3) is 0 Å². The minimum absolute atomic E-state index is 0.0463. The molecule has 0 bridgehead atoms. The van der Waals surface area contributed by atoms with Crippen LogP contribution < -0.4 is 16.4 Å². The summed E-state index contributed by atoms with van der Waals surface area (Å²) >= 11 is 0. The van der Waals surface area contributed by atoms with Crippen LogP contribution in [0.1, 0.15) is 20.7 Å². The first-order chi connectivity index (χ1) is 13.1. The monoisotopic (exact) mass is 363 g/mol. The molecule has 27 heavy (non-hydrogen) atoms. The summed E-state index contributed by atoms with van der Waals surface area (Å²) in [5.41, 5.74) is 8.04. The first-order valence-corrected chi connectivity index (χ1v) is 7.98. The normalized spacial score (nSPS) is 10.1. The Balaban J connectivity index is 2.11. The summed E-state index contributed by atoms with van der Waals surface area (Å²) in [6, 6.07) is 10.2. The molecule has 0 atom stereocenters. The lowest BCUT2D eigenvalue weighted by Gasteiger charge is -2.17. The predicted octanol–water partition coefficient (Wildman–Crippen LogP) is 2.85. The Morgan fingerprint density at radius 1 is 0.926 bits per heavy atom. The molecule has 0 fully saturated rings. The summed E-state index contributed by atoms with van der Waals surface area (Å²) in [5, 5.41) is 6.34.